The van der Waals surface area contributed by atoms with Crippen LogP contribution in [0.2, 0.25) is 0 Å². The lowest BCUT2D eigenvalue weighted by molar-refractivity contribution is 0.0481. The number of ether oxygens (including phenoxy) is 2. The van der Waals surface area contributed by atoms with Gasteiger partial charge in [-0.15, -0.1) is 0 Å². The van der Waals surface area contributed by atoms with Gasteiger partial charge in [-0.2, -0.15) is 0 Å². The number of nitrogens with one attached hydrogen (secondary N) is 4. The van der Waals surface area contributed by atoms with E-state index in [4.69, 9.17) is 9.47 Å². The van der Waals surface area contributed by atoms with Crippen LogP contribution in [0.3, 0.4) is 0 Å². The highest BCUT2D eigenvalue weighted by Gasteiger charge is 2.28. The number of benzene rings is 1. The van der Waals surface area contributed by atoms with Crippen molar-refractivity contribution in [2.24, 2.45) is 5.92 Å². The molecule has 0 spiro atoms. The van der Waals surface area contributed by atoms with E-state index < -0.39 is 18.1 Å². The molecule has 0 radical (unpaired) electrons. The highest BCUT2D eigenvalue weighted by molar-refractivity contribution is 6.09. The van der Waals surface area contributed by atoms with Crippen molar-refractivity contribution in [3.63, 3.8) is 0 Å². The smallest absolute Gasteiger partial charge is 0.422 e. The van der Waals surface area contributed by atoms with Gasteiger partial charge in [0.15, 0.2) is 0 Å². The zero-order valence-corrected chi connectivity index (χ0v) is 24.4. The van der Waals surface area contributed by atoms with Crippen molar-refractivity contribution in [2.45, 2.75) is 90.3 Å². The van der Waals surface area contributed by atoms with Gasteiger partial charge in [-0.25, -0.2) is 29.0 Å². The molecule has 3 aromatic rings. The molecule has 2 aromatic heterocycles. The second kappa shape index (κ2) is 12.2. The van der Waals surface area contributed by atoms with E-state index >= 15 is 0 Å². The summed E-state index contributed by atoms with van der Waals surface area (Å²) < 4.78 is 38.5. The van der Waals surface area contributed by atoms with Gasteiger partial charge < -0.3 is 19.8 Å². The van der Waals surface area contributed by atoms with Crippen LogP contribution in [0.15, 0.2) is 24.5 Å². The summed E-state index contributed by atoms with van der Waals surface area (Å²) in [5, 5.41) is 3.12. The first-order valence-corrected chi connectivity index (χ1v) is 14.4. The number of hydrazine groups is 1. The van der Waals surface area contributed by atoms with E-state index in [-0.39, 0.29) is 23.6 Å². The third-order valence-corrected chi connectivity index (χ3v) is 7.52. The normalized spacial score (nSPS) is 19.1. The number of carbonyl (C=O) groups is 2. The molecule has 226 valence electrons. The Morgan fingerprint density at radius 2 is 1.79 bits per heavy atom. The summed E-state index contributed by atoms with van der Waals surface area (Å²) in [6.07, 6.45) is 3.31. The zero-order valence-electron chi connectivity index (χ0n) is 24.4. The number of nitrogens with zero attached hydrogens (tertiary/aromatic N) is 2. The van der Waals surface area contributed by atoms with E-state index in [9.17, 15) is 18.4 Å². The predicted octanol–water partition coefficient (Wildman–Crippen LogP) is 5.73. The highest BCUT2D eigenvalue weighted by Crippen LogP contribution is 2.38. The fourth-order valence-corrected chi connectivity index (χ4v) is 5.19. The summed E-state index contributed by atoms with van der Waals surface area (Å²) in [4.78, 5) is 37.4. The van der Waals surface area contributed by atoms with Crippen molar-refractivity contribution in [2.75, 3.05) is 6.61 Å². The second-order valence-electron chi connectivity index (χ2n) is 12.2. The minimum Gasteiger partial charge on any atom is -0.493 e. The van der Waals surface area contributed by atoms with Crippen LogP contribution < -0.4 is 20.9 Å². The van der Waals surface area contributed by atoms with E-state index in [2.05, 4.69) is 31.1 Å². The third kappa shape index (κ3) is 7.15. The highest BCUT2D eigenvalue weighted by atomic mass is 19.3. The molecule has 0 unspecified atom stereocenters. The lowest BCUT2D eigenvalue weighted by Crippen LogP contribution is -2.49. The number of H-pyrrole nitrogens is 1. The van der Waals surface area contributed by atoms with E-state index in [1.165, 1.54) is 18.5 Å². The number of amides is 2. The number of fused-ring (bicyclic) bond motifs is 1. The SMILES string of the molecule is Cc1[nH]c2c(-c3cc(C(F)F)ccc3OCC3CC3)ncnc2c1C(=O)NC1CCC(NNC(=O)OC(C)(C)C)CC1. The molecule has 2 aliphatic rings. The third-order valence-electron chi connectivity index (χ3n) is 7.52. The van der Waals surface area contributed by atoms with Gasteiger partial charge in [0.2, 0.25) is 0 Å². The Bertz CT molecular complexity index is 1440. The molecule has 5 rings (SSSR count). The molecule has 0 atom stereocenters. The molecule has 2 amide bonds. The van der Waals surface area contributed by atoms with Crippen molar-refractivity contribution in [3.05, 3.63) is 41.3 Å². The summed E-state index contributed by atoms with van der Waals surface area (Å²) in [6.45, 7) is 7.70. The van der Waals surface area contributed by atoms with Crippen molar-refractivity contribution in [1.29, 1.82) is 0 Å². The van der Waals surface area contributed by atoms with E-state index in [0.29, 0.717) is 51.8 Å². The van der Waals surface area contributed by atoms with Crippen molar-refractivity contribution in [1.82, 2.24) is 31.1 Å². The number of aryl methyl sites for hydroxylation is 1. The first-order chi connectivity index (χ1) is 20.0. The summed E-state index contributed by atoms with van der Waals surface area (Å²) in [5.41, 5.74) is 7.64. The Balaban J connectivity index is 1.29. The van der Waals surface area contributed by atoms with Crippen LogP contribution in [0.25, 0.3) is 22.3 Å². The van der Waals surface area contributed by atoms with Gasteiger partial charge in [-0.1, -0.05) is 0 Å². The van der Waals surface area contributed by atoms with Crippen LogP contribution in [-0.2, 0) is 4.74 Å². The Morgan fingerprint density at radius 3 is 2.45 bits per heavy atom. The monoisotopic (exact) mass is 584 g/mol. The number of carbonyl (C=O) groups excluding carboxylic acids is 2. The predicted molar refractivity (Wildman–Crippen MR) is 153 cm³/mol. The number of rotatable bonds is 9. The van der Waals surface area contributed by atoms with Crippen molar-refractivity contribution >= 4 is 23.0 Å². The van der Waals surface area contributed by atoms with E-state index in [1.807, 2.05) is 0 Å². The maximum atomic E-state index is 13.6. The number of alkyl halides is 2. The minimum atomic E-state index is -2.65. The quantitative estimate of drug-likeness (QED) is 0.236. The number of hydrogen-bond acceptors (Lipinski definition) is 7. The molecule has 0 bridgehead atoms. The zero-order chi connectivity index (χ0) is 30.0. The van der Waals surface area contributed by atoms with E-state index in [0.717, 1.165) is 38.5 Å². The summed E-state index contributed by atoms with van der Waals surface area (Å²) in [5.74, 6) is 0.683. The maximum Gasteiger partial charge on any atom is 0.422 e. The molecule has 2 saturated carbocycles. The topological polar surface area (TPSA) is 130 Å². The van der Waals surface area contributed by atoms with Crippen LogP contribution in [-0.4, -0.2) is 51.2 Å². The van der Waals surface area contributed by atoms with Crippen LogP contribution in [0.5, 0.6) is 5.75 Å². The first-order valence-electron chi connectivity index (χ1n) is 14.4. The Kier molecular flexibility index (Phi) is 8.63. The van der Waals surface area contributed by atoms with Crippen LogP contribution >= 0.6 is 0 Å². The van der Waals surface area contributed by atoms with Gasteiger partial charge >= 0.3 is 6.09 Å². The molecule has 2 heterocycles. The van der Waals surface area contributed by atoms with Crippen LogP contribution in [0, 0.1) is 12.8 Å². The molecule has 2 fully saturated rings. The molecule has 42 heavy (non-hydrogen) atoms. The fourth-order valence-electron chi connectivity index (χ4n) is 5.19. The first kappa shape index (κ1) is 29.7. The number of hydrogen-bond donors (Lipinski definition) is 4. The summed E-state index contributed by atoms with van der Waals surface area (Å²) >= 11 is 0. The standard InChI is InChI=1S/C30H38F2N6O4/c1-16-23(28(39)36-19-8-10-20(11-9-19)37-38-29(40)42-30(2,3)4)25-26(35-16)24(33-15-34-25)21-13-18(27(31)32)7-12-22(21)41-14-17-5-6-17/h7,12-13,15,17,19-20,27,35,37H,5-6,8-11,14H2,1-4H3,(H,36,39)(H,38,40). The van der Waals surface area contributed by atoms with Gasteiger partial charge in [-0.3, -0.25) is 10.2 Å². The lowest BCUT2D eigenvalue weighted by Gasteiger charge is -2.30. The average Bonchev–Trinajstić information content (AvgIpc) is 3.70. The molecular formula is C30H38F2N6O4. The van der Waals surface area contributed by atoms with Crippen molar-refractivity contribution < 1.29 is 27.8 Å². The Labute approximate surface area is 243 Å². The van der Waals surface area contributed by atoms with E-state index in [1.54, 1.807) is 33.8 Å². The van der Waals surface area contributed by atoms with Gasteiger partial charge in [0.05, 0.1) is 17.7 Å². The molecule has 1 aromatic carbocycles. The Hall–Kier alpha value is -3.80. The molecule has 0 aliphatic heterocycles. The maximum absolute atomic E-state index is 13.6. The van der Waals surface area contributed by atoms with Crippen LogP contribution in [0.1, 0.15) is 87.3 Å². The molecule has 10 nitrogen and oxygen atoms in total. The molecule has 0 saturated heterocycles. The van der Waals surface area contributed by atoms with Gasteiger partial charge in [0.25, 0.3) is 12.3 Å². The summed E-state index contributed by atoms with van der Waals surface area (Å²) in [7, 11) is 0. The second-order valence-corrected chi connectivity index (χ2v) is 12.2. The van der Waals surface area contributed by atoms with Gasteiger partial charge in [0, 0.05) is 28.9 Å². The van der Waals surface area contributed by atoms with Gasteiger partial charge in [0.1, 0.15) is 28.9 Å². The van der Waals surface area contributed by atoms with Gasteiger partial charge in [-0.05, 0) is 90.3 Å². The molecular weight excluding hydrogens is 546 g/mol. The van der Waals surface area contributed by atoms with Crippen molar-refractivity contribution in [3.8, 4) is 17.0 Å². The summed E-state index contributed by atoms with van der Waals surface area (Å²) in [6, 6.07) is 4.34. The number of halogens is 2. The average molecular weight is 585 g/mol. The molecule has 12 heteroatoms. The van der Waals surface area contributed by atoms with Crippen LogP contribution in [0.4, 0.5) is 13.6 Å². The molecule has 4 N–H and O–H groups in total. The minimum absolute atomic E-state index is 0.0483. The largest absolute Gasteiger partial charge is 0.493 e. The molecule has 2 aliphatic carbocycles. The number of aromatic nitrogens is 3. The lowest BCUT2D eigenvalue weighted by atomic mass is 9.91. The Morgan fingerprint density at radius 1 is 1.07 bits per heavy atom. The fraction of sp³-hybridized carbons (Fsp3) is 0.533. The number of aromatic amines is 1.